The number of nitrogens with one attached hydrogen (secondary N) is 1. The zero-order valence-corrected chi connectivity index (χ0v) is 11.6. The van der Waals surface area contributed by atoms with Crippen molar-refractivity contribution in [3.63, 3.8) is 0 Å². The van der Waals surface area contributed by atoms with Crippen molar-refractivity contribution in [2.24, 2.45) is 11.8 Å². The number of aryl methyl sites for hydroxylation is 2. The average molecular weight is 260 g/mol. The number of anilines is 1. The predicted octanol–water partition coefficient (Wildman–Crippen LogP) is 2.78. The summed E-state index contributed by atoms with van der Waals surface area (Å²) in [5.41, 5.74) is 2.71. The van der Waals surface area contributed by atoms with Gasteiger partial charge in [-0.3, -0.25) is 0 Å². The minimum Gasteiger partial charge on any atom is -0.396 e. The lowest BCUT2D eigenvalue weighted by Gasteiger charge is -2.30. The van der Waals surface area contributed by atoms with Gasteiger partial charge in [-0.05, 0) is 55.6 Å². The maximum Gasteiger partial charge on any atom is 0.126 e. The van der Waals surface area contributed by atoms with Crippen LogP contribution in [0.4, 0.5) is 5.82 Å². The number of aromatic nitrogens is 1. The van der Waals surface area contributed by atoms with Crippen LogP contribution < -0.4 is 5.32 Å². The number of hydrogen-bond acceptors (Lipinski definition) is 3. The van der Waals surface area contributed by atoms with Crippen molar-refractivity contribution in [2.75, 3.05) is 18.5 Å². The van der Waals surface area contributed by atoms with Crippen molar-refractivity contribution in [3.05, 3.63) is 23.4 Å². The quantitative estimate of drug-likeness (QED) is 0.875. The monoisotopic (exact) mass is 260 g/mol. The van der Waals surface area contributed by atoms with Gasteiger partial charge < -0.3 is 10.4 Å². The molecule has 1 aromatic rings. The summed E-state index contributed by atoms with van der Waals surface area (Å²) in [4.78, 5) is 4.71. The Hall–Kier alpha value is -1.09. The smallest absolute Gasteiger partial charge is 0.126 e. The Labute approximate surface area is 115 Å². The van der Waals surface area contributed by atoms with Gasteiger partial charge in [0.1, 0.15) is 5.82 Å². The van der Waals surface area contributed by atoms with E-state index in [2.05, 4.69) is 17.4 Å². The summed E-state index contributed by atoms with van der Waals surface area (Å²) in [6, 6.07) is 4.34. The molecule has 1 saturated carbocycles. The largest absolute Gasteiger partial charge is 0.396 e. The molecule has 1 fully saturated rings. The Morgan fingerprint density at radius 1 is 1.11 bits per heavy atom. The second-order valence-electron chi connectivity index (χ2n) is 6.02. The van der Waals surface area contributed by atoms with Gasteiger partial charge in [-0.25, -0.2) is 4.98 Å². The van der Waals surface area contributed by atoms with Crippen LogP contribution in [0.25, 0.3) is 0 Å². The van der Waals surface area contributed by atoms with Crippen molar-refractivity contribution < 1.29 is 5.11 Å². The Morgan fingerprint density at radius 3 is 2.79 bits per heavy atom. The zero-order valence-electron chi connectivity index (χ0n) is 11.6. The van der Waals surface area contributed by atoms with Crippen LogP contribution in [0.15, 0.2) is 12.1 Å². The van der Waals surface area contributed by atoms with Crippen molar-refractivity contribution in [1.82, 2.24) is 4.98 Å². The molecule has 2 aliphatic rings. The fourth-order valence-corrected chi connectivity index (χ4v) is 3.55. The molecular formula is C16H24N2O. The number of nitrogens with zero attached hydrogens (tertiary/aromatic N) is 1. The summed E-state index contributed by atoms with van der Waals surface area (Å²) in [7, 11) is 0. The van der Waals surface area contributed by atoms with Gasteiger partial charge >= 0.3 is 0 Å². The molecule has 0 bridgehead atoms. The average Bonchev–Trinajstić information content (AvgIpc) is 2.93. The number of aliphatic hydroxyl groups excluding tert-OH is 1. The topological polar surface area (TPSA) is 45.1 Å². The molecule has 1 aromatic heterocycles. The summed E-state index contributed by atoms with van der Waals surface area (Å²) >= 11 is 0. The van der Waals surface area contributed by atoms with Gasteiger partial charge in [-0.15, -0.1) is 0 Å². The van der Waals surface area contributed by atoms with Gasteiger partial charge in [0.25, 0.3) is 0 Å². The Bertz CT molecular complexity index is 433. The van der Waals surface area contributed by atoms with Crippen LogP contribution in [0.5, 0.6) is 0 Å². The highest BCUT2D eigenvalue weighted by molar-refractivity contribution is 5.40. The van der Waals surface area contributed by atoms with Gasteiger partial charge in [0, 0.05) is 18.8 Å². The summed E-state index contributed by atoms with van der Waals surface area (Å²) < 4.78 is 0. The van der Waals surface area contributed by atoms with E-state index >= 15 is 0 Å². The van der Waals surface area contributed by atoms with Crippen LogP contribution in [-0.4, -0.2) is 23.2 Å². The fourth-order valence-electron chi connectivity index (χ4n) is 3.55. The van der Waals surface area contributed by atoms with Gasteiger partial charge in [0.2, 0.25) is 0 Å². The van der Waals surface area contributed by atoms with Crippen LogP contribution in [-0.2, 0) is 12.8 Å². The normalized spacial score (nSPS) is 26.2. The molecule has 0 spiro atoms. The van der Waals surface area contributed by atoms with Gasteiger partial charge in [-0.1, -0.05) is 18.9 Å². The summed E-state index contributed by atoms with van der Waals surface area (Å²) in [6.45, 7) is 1.29. The number of pyridine rings is 1. The van der Waals surface area contributed by atoms with E-state index in [1.54, 1.807) is 0 Å². The molecule has 2 unspecified atom stereocenters. The Kier molecular flexibility index (Phi) is 4.02. The molecule has 0 aliphatic heterocycles. The Morgan fingerprint density at radius 2 is 1.95 bits per heavy atom. The predicted molar refractivity (Wildman–Crippen MR) is 77.3 cm³/mol. The summed E-state index contributed by atoms with van der Waals surface area (Å²) in [5, 5.41) is 12.9. The second-order valence-corrected chi connectivity index (χ2v) is 6.02. The van der Waals surface area contributed by atoms with E-state index in [4.69, 9.17) is 4.98 Å². The van der Waals surface area contributed by atoms with Crippen LogP contribution in [0.2, 0.25) is 0 Å². The lowest BCUT2D eigenvalue weighted by Crippen LogP contribution is -2.28. The summed E-state index contributed by atoms with van der Waals surface area (Å²) in [5.74, 6) is 2.10. The van der Waals surface area contributed by atoms with Crippen LogP contribution >= 0.6 is 0 Å². The van der Waals surface area contributed by atoms with E-state index in [1.807, 2.05) is 0 Å². The third kappa shape index (κ3) is 2.92. The van der Waals surface area contributed by atoms with Crippen molar-refractivity contribution in [1.29, 1.82) is 0 Å². The molecule has 0 aromatic carbocycles. The third-order valence-electron chi connectivity index (χ3n) is 4.77. The zero-order chi connectivity index (χ0) is 13.1. The number of rotatable bonds is 4. The minimum atomic E-state index is 0.337. The van der Waals surface area contributed by atoms with Gasteiger partial charge in [0.05, 0.1) is 0 Å². The molecule has 104 valence electrons. The highest BCUT2D eigenvalue weighted by Gasteiger charge is 2.24. The Balaban J connectivity index is 1.59. The molecule has 2 aliphatic carbocycles. The standard InChI is InChI=1S/C16H24N2O/c19-11-14-5-2-1-4-13(14)10-17-16-9-8-12-6-3-7-15(12)18-16/h8-9,13-14,19H,1-7,10-11H2,(H,17,18). The SMILES string of the molecule is OCC1CCCCC1CNc1ccc2c(n1)CCC2. The first-order valence-corrected chi connectivity index (χ1v) is 7.70. The van der Waals surface area contributed by atoms with Crippen LogP contribution in [0, 0.1) is 11.8 Å². The first-order chi connectivity index (χ1) is 9.36. The van der Waals surface area contributed by atoms with Crippen molar-refractivity contribution in [3.8, 4) is 0 Å². The molecule has 2 atom stereocenters. The first-order valence-electron chi connectivity index (χ1n) is 7.70. The molecule has 0 amide bonds. The van der Waals surface area contributed by atoms with E-state index in [9.17, 15) is 5.11 Å². The number of aliphatic hydroxyl groups is 1. The molecule has 0 radical (unpaired) electrons. The van der Waals surface area contributed by atoms with E-state index in [1.165, 1.54) is 49.8 Å². The highest BCUT2D eigenvalue weighted by atomic mass is 16.3. The number of hydrogen-bond donors (Lipinski definition) is 2. The fraction of sp³-hybridized carbons (Fsp3) is 0.688. The van der Waals surface area contributed by atoms with Crippen molar-refractivity contribution in [2.45, 2.75) is 44.9 Å². The molecule has 3 heteroatoms. The van der Waals surface area contributed by atoms with Crippen LogP contribution in [0.1, 0.15) is 43.4 Å². The third-order valence-corrected chi connectivity index (χ3v) is 4.77. The van der Waals surface area contributed by atoms with Crippen LogP contribution in [0.3, 0.4) is 0 Å². The maximum atomic E-state index is 9.44. The van der Waals surface area contributed by atoms with E-state index < -0.39 is 0 Å². The van der Waals surface area contributed by atoms with E-state index in [-0.39, 0.29) is 0 Å². The number of fused-ring (bicyclic) bond motifs is 1. The lowest BCUT2D eigenvalue weighted by molar-refractivity contribution is 0.141. The van der Waals surface area contributed by atoms with E-state index in [0.717, 1.165) is 18.8 Å². The molecule has 2 N–H and O–H groups in total. The van der Waals surface area contributed by atoms with Gasteiger partial charge in [-0.2, -0.15) is 0 Å². The first kappa shape index (κ1) is 12.9. The van der Waals surface area contributed by atoms with Crippen molar-refractivity contribution >= 4 is 5.82 Å². The van der Waals surface area contributed by atoms with E-state index in [0.29, 0.717) is 18.4 Å². The van der Waals surface area contributed by atoms with Gasteiger partial charge in [0.15, 0.2) is 0 Å². The molecule has 3 rings (SSSR count). The summed E-state index contributed by atoms with van der Waals surface area (Å²) in [6.07, 6.45) is 8.58. The minimum absolute atomic E-state index is 0.337. The molecule has 3 nitrogen and oxygen atoms in total. The molecule has 0 saturated heterocycles. The second kappa shape index (κ2) is 5.91. The molecule has 19 heavy (non-hydrogen) atoms. The highest BCUT2D eigenvalue weighted by Crippen LogP contribution is 2.30. The maximum absolute atomic E-state index is 9.44. The molecular weight excluding hydrogens is 236 g/mol. The lowest BCUT2D eigenvalue weighted by atomic mass is 9.79. The molecule has 1 heterocycles.